The third-order valence-corrected chi connectivity index (χ3v) is 3.13. The summed E-state index contributed by atoms with van der Waals surface area (Å²) in [4.78, 5) is 11.7. The highest BCUT2D eigenvalue weighted by Gasteiger charge is 2.03. The number of nitrogens with one attached hydrogen (secondary N) is 1. The normalized spacial score (nSPS) is 11.0. The Morgan fingerprint density at radius 1 is 1.43 bits per heavy atom. The zero-order valence-corrected chi connectivity index (χ0v) is 13.1. The molecule has 0 aliphatic rings. The number of phenolic OH excluding ortho intramolecular Hbond substituents is 1. The Kier molecular flexibility index (Phi) is 7.37. The molecule has 21 heavy (non-hydrogen) atoms. The SMILES string of the molecule is COc1cc(CNC(=O)C=CCCCC(C)C)ccc1O. The number of carbonyl (C=O) groups excluding carboxylic acids is 1. The molecule has 2 N–H and O–H groups in total. The number of hydrogen-bond donors (Lipinski definition) is 2. The summed E-state index contributed by atoms with van der Waals surface area (Å²) in [5.74, 6) is 1.10. The molecule has 0 radical (unpaired) electrons. The number of phenols is 1. The fraction of sp³-hybridized carbons (Fsp3) is 0.471. The highest BCUT2D eigenvalue weighted by molar-refractivity contribution is 5.87. The highest BCUT2D eigenvalue weighted by Crippen LogP contribution is 2.26. The van der Waals surface area contributed by atoms with E-state index in [9.17, 15) is 9.90 Å². The van der Waals surface area contributed by atoms with Crippen LogP contribution in [0.15, 0.2) is 30.4 Å². The van der Waals surface area contributed by atoms with E-state index in [4.69, 9.17) is 4.74 Å². The van der Waals surface area contributed by atoms with E-state index in [0.29, 0.717) is 18.2 Å². The van der Waals surface area contributed by atoms with Gasteiger partial charge in [-0.3, -0.25) is 4.79 Å². The first kappa shape index (κ1) is 17.1. The summed E-state index contributed by atoms with van der Waals surface area (Å²) >= 11 is 0. The molecule has 0 atom stereocenters. The van der Waals surface area contributed by atoms with Gasteiger partial charge in [-0.1, -0.05) is 32.4 Å². The molecule has 0 aromatic heterocycles. The average molecular weight is 291 g/mol. The summed E-state index contributed by atoms with van der Waals surface area (Å²) in [6.07, 6.45) is 6.71. The van der Waals surface area contributed by atoms with Crippen molar-refractivity contribution in [3.05, 3.63) is 35.9 Å². The van der Waals surface area contributed by atoms with E-state index in [0.717, 1.165) is 18.4 Å². The number of aromatic hydroxyl groups is 1. The Morgan fingerprint density at radius 3 is 2.86 bits per heavy atom. The summed E-state index contributed by atoms with van der Waals surface area (Å²) in [6, 6.07) is 5.02. The van der Waals surface area contributed by atoms with Crippen LogP contribution in [0.3, 0.4) is 0 Å². The van der Waals surface area contributed by atoms with Crippen molar-refractivity contribution >= 4 is 5.91 Å². The summed E-state index contributed by atoms with van der Waals surface area (Å²) in [7, 11) is 1.50. The van der Waals surface area contributed by atoms with Crippen molar-refractivity contribution in [2.75, 3.05) is 7.11 Å². The Bertz CT molecular complexity index is 481. The fourth-order valence-electron chi connectivity index (χ4n) is 1.91. The third kappa shape index (κ3) is 6.84. The molecular weight excluding hydrogens is 266 g/mol. The molecule has 1 aromatic rings. The first-order chi connectivity index (χ1) is 10.0. The second kappa shape index (κ2) is 9.06. The zero-order chi connectivity index (χ0) is 15.7. The molecule has 1 rings (SSSR count). The molecule has 0 bridgehead atoms. The maximum atomic E-state index is 11.7. The molecule has 4 nitrogen and oxygen atoms in total. The summed E-state index contributed by atoms with van der Waals surface area (Å²) < 4.78 is 5.03. The topological polar surface area (TPSA) is 58.6 Å². The maximum absolute atomic E-state index is 11.7. The van der Waals surface area contributed by atoms with Gasteiger partial charge in [0, 0.05) is 6.54 Å². The predicted octanol–water partition coefficient (Wildman–Crippen LogP) is 3.40. The zero-order valence-electron chi connectivity index (χ0n) is 13.1. The van der Waals surface area contributed by atoms with E-state index in [2.05, 4.69) is 19.2 Å². The number of hydrogen-bond acceptors (Lipinski definition) is 3. The first-order valence-electron chi connectivity index (χ1n) is 7.33. The minimum Gasteiger partial charge on any atom is -0.504 e. The van der Waals surface area contributed by atoms with E-state index in [1.807, 2.05) is 6.08 Å². The highest BCUT2D eigenvalue weighted by atomic mass is 16.5. The number of carbonyl (C=O) groups is 1. The monoisotopic (exact) mass is 291 g/mol. The van der Waals surface area contributed by atoms with Gasteiger partial charge < -0.3 is 15.2 Å². The molecule has 4 heteroatoms. The van der Waals surface area contributed by atoms with Gasteiger partial charge in [-0.2, -0.15) is 0 Å². The van der Waals surface area contributed by atoms with Crippen LogP contribution < -0.4 is 10.1 Å². The van der Waals surface area contributed by atoms with Gasteiger partial charge in [0.25, 0.3) is 0 Å². The second-order valence-corrected chi connectivity index (χ2v) is 5.45. The molecule has 116 valence electrons. The van der Waals surface area contributed by atoms with Crippen LogP contribution in [0, 0.1) is 5.92 Å². The van der Waals surface area contributed by atoms with Crippen LogP contribution >= 0.6 is 0 Å². The van der Waals surface area contributed by atoms with Gasteiger partial charge in [-0.25, -0.2) is 0 Å². The number of amides is 1. The van der Waals surface area contributed by atoms with Gasteiger partial charge in [0.2, 0.25) is 5.91 Å². The van der Waals surface area contributed by atoms with Crippen molar-refractivity contribution in [1.82, 2.24) is 5.32 Å². The molecular formula is C17H25NO3. The minimum absolute atomic E-state index is 0.0950. The molecule has 0 spiro atoms. The molecule has 0 heterocycles. The second-order valence-electron chi connectivity index (χ2n) is 5.45. The molecule has 0 saturated heterocycles. The van der Waals surface area contributed by atoms with Crippen LogP contribution in [0.25, 0.3) is 0 Å². The quantitative estimate of drug-likeness (QED) is 0.570. The van der Waals surface area contributed by atoms with Crippen LogP contribution in [0.1, 0.15) is 38.7 Å². The van der Waals surface area contributed by atoms with Crippen LogP contribution in [0.4, 0.5) is 0 Å². The lowest BCUT2D eigenvalue weighted by molar-refractivity contribution is -0.116. The first-order valence-corrected chi connectivity index (χ1v) is 7.33. The lowest BCUT2D eigenvalue weighted by Crippen LogP contribution is -2.20. The predicted molar refractivity (Wildman–Crippen MR) is 84.3 cm³/mol. The van der Waals surface area contributed by atoms with Crippen molar-refractivity contribution in [3.8, 4) is 11.5 Å². The van der Waals surface area contributed by atoms with E-state index in [1.165, 1.54) is 13.5 Å². The Balaban J connectivity index is 2.34. The van der Waals surface area contributed by atoms with Gasteiger partial charge in [-0.15, -0.1) is 0 Å². The fourth-order valence-corrected chi connectivity index (χ4v) is 1.91. The van der Waals surface area contributed by atoms with Crippen LogP contribution in [-0.2, 0) is 11.3 Å². The van der Waals surface area contributed by atoms with Gasteiger partial charge in [-0.05, 0) is 42.5 Å². The molecule has 0 fully saturated rings. The smallest absolute Gasteiger partial charge is 0.243 e. The lowest BCUT2D eigenvalue weighted by atomic mass is 10.1. The van der Waals surface area contributed by atoms with Crippen molar-refractivity contribution < 1.29 is 14.6 Å². The molecule has 1 amide bonds. The minimum atomic E-state index is -0.105. The number of allylic oxidation sites excluding steroid dienone is 1. The summed E-state index contributed by atoms with van der Waals surface area (Å²) in [5, 5.41) is 12.3. The van der Waals surface area contributed by atoms with Crippen LogP contribution in [0.2, 0.25) is 0 Å². The van der Waals surface area contributed by atoms with Gasteiger partial charge in [0.15, 0.2) is 11.5 Å². The van der Waals surface area contributed by atoms with Crippen molar-refractivity contribution in [2.24, 2.45) is 5.92 Å². The van der Waals surface area contributed by atoms with Crippen LogP contribution in [-0.4, -0.2) is 18.1 Å². The standard InChI is InChI=1S/C17H25NO3/c1-13(2)7-5-4-6-8-17(20)18-12-14-9-10-15(19)16(11-14)21-3/h6,8-11,13,19H,4-5,7,12H2,1-3H3,(H,18,20). The molecule has 0 aliphatic carbocycles. The number of ether oxygens (including phenoxy) is 1. The summed E-state index contributed by atoms with van der Waals surface area (Å²) in [5.41, 5.74) is 0.881. The van der Waals surface area contributed by atoms with E-state index in [1.54, 1.807) is 24.3 Å². The van der Waals surface area contributed by atoms with Crippen molar-refractivity contribution in [3.63, 3.8) is 0 Å². The molecule has 0 unspecified atom stereocenters. The van der Waals surface area contributed by atoms with Gasteiger partial charge in [0.1, 0.15) is 0 Å². The van der Waals surface area contributed by atoms with Gasteiger partial charge in [0.05, 0.1) is 7.11 Å². The van der Waals surface area contributed by atoms with E-state index < -0.39 is 0 Å². The number of rotatable bonds is 8. The van der Waals surface area contributed by atoms with Crippen molar-refractivity contribution in [1.29, 1.82) is 0 Å². The third-order valence-electron chi connectivity index (χ3n) is 3.13. The number of methoxy groups -OCH3 is 1. The average Bonchev–Trinajstić information content (AvgIpc) is 2.45. The Hall–Kier alpha value is -1.97. The number of unbranched alkanes of at least 4 members (excludes halogenated alkanes) is 1. The molecule has 0 aliphatic heterocycles. The summed E-state index contributed by atoms with van der Waals surface area (Å²) in [6.45, 7) is 4.80. The van der Waals surface area contributed by atoms with E-state index >= 15 is 0 Å². The van der Waals surface area contributed by atoms with Crippen molar-refractivity contribution in [2.45, 2.75) is 39.7 Å². The van der Waals surface area contributed by atoms with Gasteiger partial charge >= 0.3 is 0 Å². The van der Waals surface area contributed by atoms with E-state index in [-0.39, 0.29) is 11.7 Å². The number of benzene rings is 1. The Morgan fingerprint density at radius 2 is 2.19 bits per heavy atom. The Labute approximate surface area is 126 Å². The maximum Gasteiger partial charge on any atom is 0.243 e. The van der Waals surface area contributed by atoms with Crippen LogP contribution in [0.5, 0.6) is 11.5 Å². The lowest BCUT2D eigenvalue weighted by Gasteiger charge is -2.07. The largest absolute Gasteiger partial charge is 0.504 e. The molecule has 1 aromatic carbocycles. The molecule has 0 saturated carbocycles.